The summed E-state index contributed by atoms with van der Waals surface area (Å²) in [6.07, 6.45) is 0. The molecule has 0 radical (unpaired) electrons. The van der Waals surface area contributed by atoms with Crippen LogP contribution >= 0.6 is 0 Å². The molecule has 5 heteroatoms. The largest absolute Gasteiger partial charge is 0.481 e. The van der Waals surface area contributed by atoms with Crippen molar-refractivity contribution in [1.29, 1.82) is 0 Å². The molecule has 0 fully saturated rings. The molecule has 0 amide bonds. The van der Waals surface area contributed by atoms with Crippen LogP contribution in [-0.2, 0) is 9.59 Å². The van der Waals surface area contributed by atoms with Crippen LogP contribution in [0.15, 0.2) is 0 Å². The van der Waals surface area contributed by atoms with Crippen molar-refractivity contribution in [3.05, 3.63) is 0 Å². The fraction of sp³-hybridized carbons (Fsp3) is 0.714. The van der Waals surface area contributed by atoms with Crippen LogP contribution in [0.2, 0.25) is 0 Å². The summed E-state index contributed by atoms with van der Waals surface area (Å²) in [5, 5.41) is 14.8. The van der Waals surface area contributed by atoms with Crippen molar-refractivity contribution in [3.63, 3.8) is 0 Å². The van der Waals surface area contributed by atoms with Gasteiger partial charge >= 0.3 is 0 Å². The molecule has 0 aromatic heterocycles. The summed E-state index contributed by atoms with van der Waals surface area (Å²) in [4.78, 5) is 18.0. The maximum Gasteiger partial charge on any atom is 0.300 e. The topological polar surface area (TPSA) is 101 Å². The lowest BCUT2D eigenvalue weighted by molar-refractivity contribution is -0.135. The van der Waals surface area contributed by atoms with E-state index in [9.17, 15) is 0 Å². The number of aliphatic carboxylic acids is 2. The van der Waals surface area contributed by atoms with Gasteiger partial charge in [0.25, 0.3) is 11.9 Å². The number of nitrogens with two attached hydrogens (primary N) is 1. The highest BCUT2D eigenvalue weighted by atomic mass is 16.4. The Labute approximate surface area is 72.2 Å². The van der Waals surface area contributed by atoms with Gasteiger partial charge in [-0.3, -0.25) is 9.59 Å². The first-order chi connectivity index (χ1) is 5.20. The minimum Gasteiger partial charge on any atom is -0.481 e. The number of hydrogen-bond acceptors (Lipinski definition) is 3. The first-order valence-electron chi connectivity index (χ1n) is 3.34. The maximum atomic E-state index is 9.00. The van der Waals surface area contributed by atoms with Gasteiger partial charge in [0.1, 0.15) is 0 Å². The molecule has 0 atom stereocenters. The summed E-state index contributed by atoms with van der Waals surface area (Å²) in [6, 6.07) is 0.333. The Hall–Kier alpha value is -1.10. The van der Waals surface area contributed by atoms with Gasteiger partial charge in [-0.2, -0.15) is 0 Å². The molecule has 0 bridgehead atoms. The molecule has 0 aliphatic heterocycles. The van der Waals surface area contributed by atoms with E-state index in [0.29, 0.717) is 6.04 Å². The molecule has 0 rings (SSSR count). The second-order valence-electron chi connectivity index (χ2n) is 2.28. The number of carboxylic acids is 2. The van der Waals surface area contributed by atoms with Gasteiger partial charge in [0, 0.05) is 13.8 Å². The predicted molar refractivity (Wildman–Crippen MR) is 45.9 cm³/mol. The molecule has 0 saturated heterocycles. The second kappa shape index (κ2) is 12.6. The Morgan fingerprint density at radius 3 is 1.08 bits per heavy atom. The molecule has 74 valence electrons. The quantitative estimate of drug-likeness (QED) is 0.503. The Morgan fingerprint density at radius 1 is 1.08 bits per heavy atom. The average molecular weight is 179 g/mol. The van der Waals surface area contributed by atoms with Crippen LogP contribution in [0.4, 0.5) is 0 Å². The van der Waals surface area contributed by atoms with Gasteiger partial charge in [-0.15, -0.1) is 0 Å². The minimum absolute atomic E-state index is 0.333. The normalized spacial score (nSPS) is 7.17. The molecule has 0 aromatic carbocycles. The summed E-state index contributed by atoms with van der Waals surface area (Å²) < 4.78 is 0. The first-order valence-corrected chi connectivity index (χ1v) is 3.34. The Balaban J connectivity index is -0.000000101. The Morgan fingerprint density at radius 2 is 1.08 bits per heavy atom. The van der Waals surface area contributed by atoms with Gasteiger partial charge in [0.05, 0.1) is 0 Å². The van der Waals surface area contributed by atoms with Gasteiger partial charge in [0.2, 0.25) is 0 Å². The monoisotopic (exact) mass is 179 g/mol. The van der Waals surface area contributed by atoms with Crippen molar-refractivity contribution < 1.29 is 19.8 Å². The second-order valence-corrected chi connectivity index (χ2v) is 2.28. The zero-order valence-corrected chi connectivity index (χ0v) is 7.87. The third kappa shape index (κ3) is 459. The standard InChI is InChI=1S/C3H9N.2C2H4O2/c1-3(2)4;2*1-2(3)4/h3H,4H2,1-2H3;2*1H3,(H,3,4). The molecule has 0 saturated carbocycles. The summed E-state index contributed by atoms with van der Waals surface area (Å²) in [5.74, 6) is -1.67. The summed E-state index contributed by atoms with van der Waals surface area (Å²) in [6.45, 7) is 6.06. The van der Waals surface area contributed by atoms with Crippen LogP contribution in [0.25, 0.3) is 0 Å². The molecule has 0 spiro atoms. The van der Waals surface area contributed by atoms with Crippen LogP contribution in [0, 0.1) is 0 Å². The molecule has 12 heavy (non-hydrogen) atoms. The van der Waals surface area contributed by atoms with E-state index in [-0.39, 0.29) is 0 Å². The zero-order chi connectivity index (χ0) is 10.7. The minimum atomic E-state index is -0.833. The highest BCUT2D eigenvalue weighted by molar-refractivity contribution is 5.63. The molecule has 0 unspecified atom stereocenters. The lowest BCUT2D eigenvalue weighted by Gasteiger charge is -1.81. The third-order valence-electron chi connectivity index (χ3n) is 0. The first kappa shape index (κ1) is 17.1. The molecule has 0 aliphatic rings. The molecular formula is C7H17NO4. The van der Waals surface area contributed by atoms with E-state index in [0.717, 1.165) is 13.8 Å². The van der Waals surface area contributed by atoms with E-state index in [4.69, 9.17) is 25.5 Å². The van der Waals surface area contributed by atoms with E-state index < -0.39 is 11.9 Å². The summed E-state index contributed by atoms with van der Waals surface area (Å²) >= 11 is 0. The van der Waals surface area contributed by atoms with Gasteiger partial charge in [-0.25, -0.2) is 0 Å². The Bertz CT molecular complexity index is 99.8. The van der Waals surface area contributed by atoms with E-state index in [1.165, 1.54) is 0 Å². The smallest absolute Gasteiger partial charge is 0.300 e. The molecule has 0 heterocycles. The fourth-order valence-corrected chi connectivity index (χ4v) is 0. The molecule has 0 aromatic rings. The van der Waals surface area contributed by atoms with Crippen LogP contribution in [-0.4, -0.2) is 28.2 Å². The van der Waals surface area contributed by atoms with Crippen molar-refractivity contribution in [1.82, 2.24) is 0 Å². The van der Waals surface area contributed by atoms with Gasteiger partial charge in [0.15, 0.2) is 0 Å². The fourth-order valence-electron chi connectivity index (χ4n) is 0. The van der Waals surface area contributed by atoms with Crippen LogP contribution in [0.5, 0.6) is 0 Å². The van der Waals surface area contributed by atoms with E-state index in [1.807, 2.05) is 13.8 Å². The van der Waals surface area contributed by atoms with Gasteiger partial charge in [-0.05, 0) is 6.04 Å². The van der Waals surface area contributed by atoms with Crippen molar-refractivity contribution in [3.8, 4) is 0 Å². The van der Waals surface area contributed by atoms with Crippen LogP contribution in [0.3, 0.4) is 0 Å². The van der Waals surface area contributed by atoms with Crippen LogP contribution in [0.1, 0.15) is 27.7 Å². The number of carboxylic acid groups (broad SMARTS) is 2. The Kier molecular flexibility index (Phi) is 17.9. The predicted octanol–water partition coefficient (Wildman–Crippen LogP) is 0.535. The lowest BCUT2D eigenvalue weighted by Crippen LogP contribution is -2.06. The van der Waals surface area contributed by atoms with Crippen molar-refractivity contribution >= 4 is 11.9 Å². The highest BCUT2D eigenvalue weighted by Crippen LogP contribution is 1.58. The van der Waals surface area contributed by atoms with Crippen molar-refractivity contribution in [2.24, 2.45) is 5.73 Å². The number of carbonyl (C=O) groups is 2. The lowest BCUT2D eigenvalue weighted by atomic mass is 10.5. The number of rotatable bonds is 0. The van der Waals surface area contributed by atoms with Gasteiger partial charge < -0.3 is 15.9 Å². The van der Waals surface area contributed by atoms with Gasteiger partial charge in [-0.1, -0.05) is 13.8 Å². The molecule has 5 nitrogen and oxygen atoms in total. The molecular weight excluding hydrogens is 162 g/mol. The van der Waals surface area contributed by atoms with E-state index in [2.05, 4.69) is 0 Å². The zero-order valence-electron chi connectivity index (χ0n) is 7.87. The average Bonchev–Trinajstić information content (AvgIpc) is 1.54. The summed E-state index contributed by atoms with van der Waals surface area (Å²) in [7, 11) is 0. The number of hydrogen-bond donors (Lipinski definition) is 3. The maximum absolute atomic E-state index is 9.00. The highest BCUT2D eigenvalue weighted by Gasteiger charge is 1.67. The van der Waals surface area contributed by atoms with Crippen molar-refractivity contribution in [2.75, 3.05) is 0 Å². The van der Waals surface area contributed by atoms with Crippen LogP contribution < -0.4 is 5.73 Å². The SMILES string of the molecule is CC(=O)O.CC(=O)O.CC(C)N. The van der Waals surface area contributed by atoms with Crippen molar-refractivity contribution in [2.45, 2.75) is 33.7 Å². The molecule has 0 aliphatic carbocycles. The third-order valence-corrected chi connectivity index (χ3v) is 0. The summed E-state index contributed by atoms with van der Waals surface area (Å²) in [5.41, 5.74) is 5.11. The van der Waals surface area contributed by atoms with E-state index >= 15 is 0 Å². The molecule has 4 N–H and O–H groups in total. The van der Waals surface area contributed by atoms with E-state index in [1.54, 1.807) is 0 Å².